The summed E-state index contributed by atoms with van der Waals surface area (Å²) >= 11 is 12.5. The number of nitrogens with zero attached hydrogens (tertiary/aromatic N) is 2. The summed E-state index contributed by atoms with van der Waals surface area (Å²) in [5, 5.41) is 1.62. The molecule has 0 amide bonds. The molecule has 4 rings (SSSR count). The Balaban J connectivity index is 1.45. The lowest BCUT2D eigenvalue weighted by atomic mass is 9.73. The molecule has 2 nitrogen and oxygen atoms in total. The summed E-state index contributed by atoms with van der Waals surface area (Å²) < 4.78 is 2.37. The summed E-state index contributed by atoms with van der Waals surface area (Å²) in [5.74, 6) is 0.390. The van der Waals surface area contributed by atoms with Crippen LogP contribution in [-0.2, 0) is 5.41 Å². The third kappa shape index (κ3) is 4.20. The first kappa shape index (κ1) is 23.9. The smallest absolute Gasteiger partial charge is 0.182 e. The predicted molar refractivity (Wildman–Crippen MR) is 144 cm³/mol. The second kappa shape index (κ2) is 8.81. The van der Waals surface area contributed by atoms with Crippen LogP contribution in [0.4, 0.5) is 5.69 Å². The highest BCUT2D eigenvalue weighted by Crippen LogP contribution is 2.47. The molecule has 1 aromatic rings. The molecule has 2 heterocycles. The van der Waals surface area contributed by atoms with Crippen molar-refractivity contribution in [1.82, 2.24) is 0 Å². The van der Waals surface area contributed by atoms with Crippen molar-refractivity contribution in [3.05, 3.63) is 100 Å². The number of likely N-dealkylation sites (N-methyl/N-ethyl adjacent to an activating group) is 2. The molecule has 0 bridgehead atoms. The van der Waals surface area contributed by atoms with Crippen molar-refractivity contribution in [3.63, 3.8) is 0 Å². The van der Waals surface area contributed by atoms with Crippen molar-refractivity contribution in [2.24, 2.45) is 11.3 Å². The molecule has 0 N–H and O–H groups in total. The van der Waals surface area contributed by atoms with Gasteiger partial charge in [-0.05, 0) is 55.8 Å². The third-order valence-corrected chi connectivity index (χ3v) is 7.91. The number of anilines is 1. The fourth-order valence-electron chi connectivity index (χ4n) is 5.55. The van der Waals surface area contributed by atoms with E-state index in [9.17, 15) is 0 Å². The van der Waals surface area contributed by atoms with Crippen LogP contribution in [0, 0.1) is 11.3 Å². The highest BCUT2D eigenvalue weighted by Gasteiger charge is 2.51. The van der Waals surface area contributed by atoms with E-state index in [0.29, 0.717) is 12.0 Å². The minimum atomic E-state index is -0.0825. The molecule has 0 aromatic heterocycles. The zero-order chi connectivity index (χ0) is 24.0. The van der Waals surface area contributed by atoms with Crippen LogP contribution in [0.1, 0.15) is 33.3 Å². The zero-order valence-electron chi connectivity index (χ0n) is 20.3. The second-order valence-corrected chi connectivity index (χ2v) is 11.0. The first-order valence-corrected chi connectivity index (χ1v) is 12.2. The molecular formula is C29H33Cl2N2+. The van der Waals surface area contributed by atoms with E-state index in [-0.39, 0.29) is 10.8 Å². The molecule has 0 spiro atoms. The molecule has 0 saturated carbocycles. The molecule has 1 aliphatic carbocycles. The molecule has 3 aliphatic rings. The fourth-order valence-corrected chi connectivity index (χ4v) is 5.93. The molecular weight excluding hydrogens is 447 g/mol. The number of allylic oxidation sites excluding steroid dienone is 10. The van der Waals surface area contributed by atoms with Crippen LogP contribution in [0.3, 0.4) is 0 Å². The van der Waals surface area contributed by atoms with Crippen LogP contribution in [-0.4, -0.2) is 30.4 Å². The molecule has 2 aliphatic heterocycles. The maximum atomic E-state index is 6.28. The van der Waals surface area contributed by atoms with Gasteiger partial charge in [0.15, 0.2) is 11.8 Å². The van der Waals surface area contributed by atoms with Gasteiger partial charge in [0.05, 0.1) is 11.3 Å². The van der Waals surface area contributed by atoms with Crippen LogP contribution >= 0.6 is 23.2 Å². The Morgan fingerprint density at radius 2 is 1.70 bits per heavy atom. The van der Waals surface area contributed by atoms with E-state index in [2.05, 4.69) is 118 Å². The molecule has 33 heavy (non-hydrogen) atoms. The predicted octanol–water partition coefficient (Wildman–Crippen LogP) is 7.42. The third-order valence-electron chi connectivity index (χ3n) is 7.43. The summed E-state index contributed by atoms with van der Waals surface area (Å²) in [4.78, 5) is 2.25. The Morgan fingerprint density at radius 1 is 1.00 bits per heavy atom. The summed E-state index contributed by atoms with van der Waals surface area (Å²) in [6.07, 6.45) is 21.3. The molecule has 0 radical (unpaired) electrons. The van der Waals surface area contributed by atoms with E-state index in [1.165, 1.54) is 22.7 Å². The normalized spacial score (nSPS) is 26.8. The largest absolute Gasteiger partial charge is 0.347 e. The maximum absolute atomic E-state index is 6.28. The monoisotopic (exact) mass is 479 g/mol. The number of hydrogen-bond donors (Lipinski definition) is 0. The van der Waals surface area contributed by atoms with Crippen molar-refractivity contribution in [1.29, 1.82) is 0 Å². The minimum absolute atomic E-state index is 0.0332. The van der Waals surface area contributed by atoms with Gasteiger partial charge in [-0.15, -0.1) is 0 Å². The highest BCUT2D eigenvalue weighted by atomic mass is 35.5. The van der Waals surface area contributed by atoms with Crippen molar-refractivity contribution >= 4 is 34.6 Å². The number of rotatable bonds is 4. The Kier molecular flexibility index (Phi) is 6.37. The fraction of sp³-hybridized carbons (Fsp3) is 0.345. The van der Waals surface area contributed by atoms with Crippen LogP contribution in [0.25, 0.3) is 0 Å². The average Bonchev–Trinajstić information content (AvgIpc) is 3.06. The zero-order valence-corrected chi connectivity index (χ0v) is 21.8. The van der Waals surface area contributed by atoms with Gasteiger partial charge in [-0.1, -0.05) is 73.5 Å². The lowest BCUT2D eigenvalue weighted by molar-refractivity contribution is -0.521. The Bertz CT molecular complexity index is 1170. The maximum Gasteiger partial charge on any atom is 0.182 e. The summed E-state index contributed by atoms with van der Waals surface area (Å²) in [6, 6.07) is 6.50. The topological polar surface area (TPSA) is 6.25 Å². The van der Waals surface area contributed by atoms with Crippen molar-refractivity contribution in [2.75, 3.05) is 19.0 Å². The molecule has 0 saturated heterocycles. The van der Waals surface area contributed by atoms with E-state index in [4.69, 9.17) is 23.2 Å². The first-order valence-electron chi connectivity index (χ1n) is 11.5. The van der Waals surface area contributed by atoms with Gasteiger partial charge >= 0.3 is 0 Å². The number of hydrogen-bond acceptors (Lipinski definition) is 1. The standard InChI is InChI=1S/C29H33Cl2N2/c1-28(2)22-18-20(30)14-16-24(22)32(5)26(28)12-10-8-7-9-11-13-27-29(3,4)23-19-21(31)15-17-25(23)33(27)6/h7-19,22,24H,1-6H3/q+1. The minimum Gasteiger partial charge on any atom is -0.347 e. The van der Waals surface area contributed by atoms with Gasteiger partial charge < -0.3 is 4.90 Å². The van der Waals surface area contributed by atoms with Crippen molar-refractivity contribution < 1.29 is 4.58 Å². The Labute approximate surface area is 208 Å². The van der Waals surface area contributed by atoms with Gasteiger partial charge in [-0.25, -0.2) is 4.58 Å². The lowest BCUT2D eigenvalue weighted by Gasteiger charge is -2.24. The molecule has 0 fully saturated rings. The number of fused-ring (bicyclic) bond motifs is 2. The van der Waals surface area contributed by atoms with E-state index in [0.717, 1.165) is 10.1 Å². The van der Waals surface area contributed by atoms with Gasteiger partial charge in [0.2, 0.25) is 0 Å². The molecule has 2 atom stereocenters. The van der Waals surface area contributed by atoms with E-state index >= 15 is 0 Å². The molecule has 172 valence electrons. The first-order chi connectivity index (χ1) is 15.5. The van der Waals surface area contributed by atoms with Crippen molar-refractivity contribution in [2.45, 2.75) is 39.2 Å². The van der Waals surface area contributed by atoms with Gasteiger partial charge in [0.1, 0.15) is 7.05 Å². The molecule has 4 heteroatoms. The summed E-state index contributed by atoms with van der Waals surface area (Å²) in [6.45, 7) is 9.09. The van der Waals surface area contributed by atoms with Crippen LogP contribution in [0.5, 0.6) is 0 Å². The molecule has 2 unspecified atom stereocenters. The van der Waals surface area contributed by atoms with Gasteiger partial charge in [-0.3, -0.25) is 0 Å². The van der Waals surface area contributed by atoms with Crippen LogP contribution in [0.2, 0.25) is 5.02 Å². The van der Waals surface area contributed by atoms with Crippen LogP contribution in [0.15, 0.2) is 89.7 Å². The van der Waals surface area contributed by atoms with Gasteiger partial charge in [0.25, 0.3) is 0 Å². The van der Waals surface area contributed by atoms with E-state index in [1.54, 1.807) is 0 Å². The second-order valence-electron chi connectivity index (χ2n) is 10.2. The average molecular weight is 481 g/mol. The quantitative estimate of drug-likeness (QED) is 0.321. The highest BCUT2D eigenvalue weighted by molar-refractivity contribution is 6.31. The number of benzene rings is 1. The van der Waals surface area contributed by atoms with Crippen molar-refractivity contribution in [3.8, 4) is 0 Å². The lowest BCUT2D eigenvalue weighted by Crippen LogP contribution is -2.30. The van der Waals surface area contributed by atoms with Gasteiger partial charge in [-0.2, -0.15) is 0 Å². The van der Waals surface area contributed by atoms with E-state index < -0.39 is 0 Å². The van der Waals surface area contributed by atoms with Gasteiger partial charge in [0, 0.05) is 40.0 Å². The number of halogens is 2. The van der Waals surface area contributed by atoms with E-state index in [1.807, 2.05) is 12.1 Å². The summed E-state index contributed by atoms with van der Waals surface area (Å²) in [5.41, 5.74) is 5.02. The Morgan fingerprint density at radius 3 is 2.45 bits per heavy atom. The Hall–Kier alpha value is -2.29. The van der Waals surface area contributed by atoms with Crippen LogP contribution < -0.4 is 4.90 Å². The molecule has 1 aromatic carbocycles. The summed E-state index contributed by atoms with van der Waals surface area (Å²) in [7, 11) is 4.29. The SMILES string of the molecule is CN1/C(=C\C=CC=CC=CC2=[N+](C)C3C=CC(Cl)=CC3C2(C)C)C(C)(C)c2cc(Cl)ccc21.